The van der Waals surface area contributed by atoms with Crippen molar-refractivity contribution in [1.82, 2.24) is 4.31 Å². The molecule has 1 aliphatic rings. The van der Waals surface area contributed by atoms with E-state index in [-0.39, 0.29) is 24.1 Å². The van der Waals surface area contributed by atoms with Gasteiger partial charge >= 0.3 is 0 Å². The molecule has 1 unspecified atom stereocenters. The van der Waals surface area contributed by atoms with Crippen molar-refractivity contribution in [3.05, 3.63) is 59.7 Å². The van der Waals surface area contributed by atoms with Crippen molar-refractivity contribution in [1.29, 1.82) is 0 Å². The van der Waals surface area contributed by atoms with Crippen LogP contribution < -0.4 is 10.1 Å². The van der Waals surface area contributed by atoms with Gasteiger partial charge in [-0.1, -0.05) is 36.4 Å². The monoisotopic (exact) mass is 402 g/mol. The number of nitrogens with one attached hydrogen (secondary N) is 1. The zero-order chi connectivity index (χ0) is 20.1. The molecule has 1 aliphatic heterocycles. The maximum atomic E-state index is 12.9. The molecule has 0 radical (unpaired) electrons. The molecule has 7 heteroatoms. The summed E-state index contributed by atoms with van der Waals surface area (Å²) in [4.78, 5) is 12.7. The maximum Gasteiger partial charge on any atom is 0.228 e. The Morgan fingerprint density at radius 1 is 1.18 bits per heavy atom. The first-order valence-corrected chi connectivity index (χ1v) is 11.0. The fourth-order valence-electron chi connectivity index (χ4n) is 3.45. The number of benzene rings is 2. The standard InChI is InChI=1S/C21H26N2O4S/c1-16-8-3-4-9-18(16)15-28(25,26)23-13-7-10-17(14-23)21(24)22-19-11-5-6-12-20(19)27-2/h3-6,8-9,11-12,17H,7,10,13-15H2,1-2H3,(H,22,24). The third-order valence-corrected chi connectivity index (χ3v) is 6.91. The number of para-hydroxylation sites is 2. The predicted molar refractivity (Wildman–Crippen MR) is 110 cm³/mol. The minimum absolute atomic E-state index is 0.0412. The number of hydrogen-bond acceptors (Lipinski definition) is 4. The highest BCUT2D eigenvalue weighted by Crippen LogP contribution is 2.27. The highest BCUT2D eigenvalue weighted by atomic mass is 32.2. The van der Waals surface area contributed by atoms with Gasteiger partial charge in [0.15, 0.2) is 0 Å². The molecule has 1 saturated heterocycles. The molecule has 2 aromatic carbocycles. The van der Waals surface area contributed by atoms with Crippen molar-refractivity contribution in [3.63, 3.8) is 0 Å². The topological polar surface area (TPSA) is 75.7 Å². The number of sulfonamides is 1. The van der Waals surface area contributed by atoms with Crippen molar-refractivity contribution >= 4 is 21.6 Å². The van der Waals surface area contributed by atoms with Crippen LogP contribution in [0, 0.1) is 12.8 Å². The van der Waals surface area contributed by atoms with E-state index >= 15 is 0 Å². The van der Waals surface area contributed by atoms with Crippen molar-refractivity contribution in [2.75, 3.05) is 25.5 Å². The fraction of sp³-hybridized carbons (Fsp3) is 0.381. The van der Waals surface area contributed by atoms with Crippen molar-refractivity contribution in [2.24, 2.45) is 5.92 Å². The van der Waals surface area contributed by atoms with Crippen molar-refractivity contribution < 1.29 is 17.9 Å². The van der Waals surface area contributed by atoms with Gasteiger partial charge in [0.1, 0.15) is 5.75 Å². The number of nitrogens with zero attached hydrogens (tertiary/aromatic N) is 1. The summed E-state index contributed by atoms with van der Waals surface area (Å²) in [6.45, 7) is 2.56. The Labute approximate surface area is 166 Å². The number of anilines is 1. The summed E-state index contributed by atoms with van der Waals surface area (Å²) in [7, 11) is -1.94. The first-order valence-electron chi connectivity index (χ1n) is 9.37. The molecule has 1 heterocycles. The minimum atomic E-state index is -3.48. The number of carbonyl (C=O) groups excluding carboxylic acids is 1. The first kappa shape index (κ1) is 20.4. The summed E-state index contributed by atoms with van der Waals surface area (Å²) >= 11 is 0. The molecule has 6 nitrogen and oxygen atoms in total. The summed E-state index contributed by atoms with van der Waals surface area (Å²) in [5.74, 6) is -0.0261. The van der Waals surface area contributed by atoms with Gasteiger partial charge in [-0.05, 0) is 43.0 Å². The lowest BCUT2D eigenvalue weighted by Crippen LogP contribution is -2.44. The Kier molecular flexibility index (Phi) is 6.36. The second-order valence-electron chi connectivity index (χ2n) is 7.07. The summed E-state index contributed by atoms with van der Waals surface area (Å²) in [5.41, 5.74) is 2.34. The Morgan fingerprint density at radius 3 is 2.64 bits per heavy atom. The average Bonchev–Trinajstić information content (AvgIpc) is 2.70. The van der Waals surface area contributed by atoms with Gasteiger partial charge < -0.3 is 10.1 Å². The summed E-state index contributed by atoms with van der Waals surface area (Å²) in [6, 6.07) is 14.7. The first-order chi connectivity index (χ1) is 13.4. The number of methoxy groups -OCH3 is 1. The third kappa shape index (κ3) is 4.72. The van der Waals surface area contributed by atoms with Crippen LogP contribution in [0.25, 0.3) is 0 Å². The highest BCUT2D eigenvalue weighted by molar-refractivity contribution is 7.88. The van der Waals surface area contributed by atoms with Crippen LogP contribution in [0.15, 0.2) is 48.5 Å². The molecular weight excluding hydrogens is 376 g/mol. The van der Waals surface area contributed by atoms with Gasteiger partial charge in [0, 0.05) is 13.1 Å². The van der Waals surface area contributed by atoms with Crippen molar-refractivity contribution in [2.45, 2.75) is 25.5 Å². The number of aryl methyl sites for hydroxylation is 1. The van der Waals surface area contributed by atoms with Crippen LogP contribution in [0.5, 0.6) is 5.75 Å². The Morgan fingerprint density at radius 2 is 1.89 bits per heavy atom. The SMILES string of the molecule is COc1ccccc1NC(=O)C1CCCN(S(=O)(=O)Cc2ccccc2C)C1. The second kappa shape index (κ2) is 8.75. The molecule has 1 atom stereocenters. The highest BCUT2D eigenvalue weighted by Gasteiger charge is 2.32. The molecule has 28 heavy (non-hydrogen) atoms. The van der Waals surface area contributed by atoms with Gasteiger partial charge in [0.05, 0.1) is 24.5 Å². The lowest BCUT2D eigenvalue weighted by molar-refractivity contribution is -0.120. The number of piperidine rings is 1. The summed E-state index contributed by atoms with van der Waals surface area (Å²) in [6.07, 6.45) is 1.33. The van der Waals surface area contributed by atoms with Crippen LogP contribution in [-0.2, 0) is 20.6 Å². The number of amides is 1. The number of rotatable bonds is 6. The molecule has 0 aliphatic carbocycles. The molecule has 150 valence electrons. The molecule has 1 fully saturated rings. The zero-order valence-electron chi connectivity index (χ0n) is 16.2. The van der Waals surface area contributed by atoms with E-state index in [9.17, 15) is 13.2 Å². The van der Waals surface area contributed by atoms with Gasteiger partial charge in [-0.2, -0.15) is 0 Å². The van der Waals surface area contributed by atoms with Crippen LogP contribution >= 0.6 is 0 Å². The van der Waals surface area contributed by atoms with Gasteiger partial charge in [-0.15, -0.1) is 0 Å². The lowest BCUT2D eigenvalue weighted by atomic mass is 9.98. The van der Waals surface area contributed by atoms with E-state index in [2.05, 4.69) is 5.32 Å². The van der Waals surface area contributed by atoms with E-state index in [0.717, 1.165) is 11.1 Å². The van der Waals surface area contributed by atoms with Gasteiger partial charge in [-0.25, -0.2) is 12.7 Å². The number of hydrogen-bond donors (Lipinski definition) is 1. The molecule has 3 rings (SSSR count). The molecule has 2 aromatic rings. The van der Waals surface area contributed by atoms with E-state index in [1.165, 1.54) is 4.31 Å². The fourth-order valence-corrected chi connectivity index (χ4v) is 5.17. The van der Waals surface area contributed by atoms with E-state index in [0.29, 0.717) is 30.8 Å². The zero-order valence-corrected chi connectivity index (χ0v) is 17.0. The lowest BCUT2D eigenvalue weighted by Gasteiger charge is -2.31. The maximum absolute atomic E-state index is 12.9. The van der Waals surface area contributed by atoms with Gasteiger partial charge in [0.25, 0.3) is 0 Å². The van der Waals surface area contributed by atoms with Crippen molar-refractivity contribution in [3.8, 4) is 5.75 Å². The second-order valence-corrected chi connectivity index (χ2v) is 9.04. The Hall–Kier alpha value is -2.38. The molecule has 0 saturated carbocycles. The Bertz CT molecular complexity index is 943. The van der Waals surface area contributed by atoms with Crippen LogP contribution in [0.3, 0.4) is 0 Å². The van der Waals surface area contributed by atoms with Gasteiger partial charge in [0.2, 0.25) is 15.9 Å². The Balaban J connectivity index is 1.69. The minimum Gasteiger partial charge on any atom is -0.495 e. The molecular formula is C21H26N2O4S. The molecule has 1 N–H and O–H groups in total. The van der Waals surface area contributed by atoms with Gasteiger partial charge in [-0.3, -0.25) is 4.79 Å². The molecule has 0 spiro atoms. The number of carbonyl (C=O) groups is 1. The molecule has 1 amide bonds. The van der Waals surface area contributed by atoms with Crippen LogP contribution in [0.2, 0.25) is 0 Å². The predicted octanol–water partition coefficient (Wildman–Crippen LogP) is 3.18. The van der Waals surface area contributed by atoms with E-state index in [1.807, 2.05) is 43.3 Å². The van der Waals surface area contributed by atoms with E-state index < -0.39 is 10.0 Å². The van der Waals surface area contributed by atoms with Crippen LogP contribution in [0.4, 0.5) is 5.69 Å². The summed E-state index contributed by atoms with van der Waals surface area (Å²) in [5, 5.41) is 2.88. The van der Waals surface area contributed by atoms with Crippen LogP contribution in [-0.4, -0.2) is 38.8 Å². The molecule has 0 bridgehead atoms. The summed E-state index contributed by atoms with van der Waals surface area (Å²) < 4.78 is 32.5. The van der Waals surface area contributed by atoms with E-state index in [1.54, 1.807) is 19.2 Å². The number of ether oxygens (including phenoxy) is 1. The third-order valence-electron chi connectivity index (χ3n) is 5.11. The van der Waals surface area contributed by atoms with Crippen LogP contribution in [0.1, 0.15) is 24.0 Å². The smallest absolute Gasteiger partial charge is 0.228 e. The normalized spacial score (nSPS) is 17.9. The van der Waals surface area contributed by atoms with E-state index in [4.69, 9.17) is 4.74 Å². The molecule has 0 aromatic heterocycles. The average molecular weight is 403 g/mol. The largest absolute Gasteiger partial charge is 0.495 e. The quantitative estimate of drug-likeness (QED) is 0.805.